The summed E-state index contributed by atoms with van der Waals surface area (Å²) in [6, 6.07) is 24.4. The van der Waals surface area contributed by atoms with Gasteiger partial charge in [-0.05, 0) is 36.8 Å². The normalized spacial score (nSPS) is 11.8. The van der Waals surface area contributed by atoms with Crippen LogP contribution in [0.3, 0.4) is 0 Å². The van der Waals surface area contributed by atoms with E-state index in [4.69, 9.17) is 21.6 Å². The highest BCUT2D eigenvalue weighted by Gasteiger charge is 2.17. The molecule has 6 aromatic rings. The monoisotopic (exact) mass is 466 g/mol. The van der Waals surface area contributed by atoms with Crippen LogP contribution in [0.15, 0.2) is 83.2 Å². The highest BCUT2D eigenvalue weighted by Crippen LogP contribution is 2.40. The van der Waals surface area contributed by atoms with Crippen molar-refractivity contribution < 1.29 is 0 Å². The third kappa shape index (κ3) is 3.55. The van der Waals surface area contributed by atoms with Crippen molar-refractivity contribution in [1.82, 2.24) is 15.0 Å². The van der Waals surface area contributed by atoms with Gasteiger partial charge in [0.2, 0.25) is 5.13 Å². The highest BCUT2D eigenvalue weighted by atomic mass is 35.5. The molecule has 3 heterocycles. The molecule has 0 radical (unpaired) electrons. The van der Waals surface area contributed by atoms with E-state index in [9.17, 15) is 0 Å². The quantitative estimate of drug-likeness (QED) is 0.253. The molecule has 6 heteroatoms. The third-order valence-corrected chi connectivity index (χ3v) is 6.84. The molecule has 0 unspecified atom stereocenters. The Balaban J connectivity index is 1.43. The minimum atomic E-state index is 0.717. The van der Waals surface area contributed by atoms with Gasteiger partial charge in [-0.15, -0.1) is 11.3 Å². The number of para-hydroxylation sites is 2. The first-order chi connectivity index (χ1) is 16.2. The molecule has 0 aliphatic carbocycles. The van der Waals surface area contributed by atoms with Crippen LogP contribution < -0.4 is 0 Å². The van der Waals surface area contributed by atoms with Crippen LogP contribution in [0.25, 0.3) is 44.3 Å². The highest BCUT2D eigenvalue weighted by molar-refractivity contribution is 7.13. The number of aromatic amines is 2. The van der Waals surface area contributed by atoms with Crippen molar-refractivity contribution in [2.24, 2.45) is 4.99 Å². The van der Waals surface area contributed by atoms with Gasteiger partial charge >= 0.3 is 0 Å². The van der Waals surface area contributed by atoms with Gasteiger partial charge in [-0.25, -0.2) is 9.98 Å². The molecule has 6 rings (SSSR count). The summed E-state index contributed by atoms with van der Waals surface area (Å²) in [5.74, 6) is 0. The van der Waals surface area contributed by atoms with Gasteiger partial charge in [0.15, 0.2) is 0 Å². The molecule has 3 aromatic carbocycles. The Labute approximate surface area is 199 Å². The molecule has 0 aliphatic heterocycles. The summed E-state index contributed by atoms with van der Waals surface area (Å²) >= 11 is 7.67. The molecule has 0 bridgehead atoms. The van der Waals surface area contributed by atoms with E-state index >= 15 is 0 Å². The smallest absolute Gasteiger partial charge is 0.209 e. The Morgan fingerprint density at radius 3 is 2.36 bits per heavy atom. The summed E-state index contributed by atoms with van der Waals surface area (Å²) in [4.78, 5) is 16.6. The number of fused-ring (bicyclic) bond motifs is 2. The number of aliphatic imine (C=N–C) groups is 1. The van der Waals surface area contributed by atoms with E-state index in [1.165, 1.54) is 0 Å². The lowest BCUT2D eigenvalue weighted by atomic mass is 10.0. The molecule has 0 aliphatic rings. The summed E-state index contributed by atoms with van der Waals surface area (Å²) in [7, 11) is 0. The largest absolute Gasteiger partial charge is 0.358 e. The second-order valence-electron chi connectivity index (χ2n) is 7.91. The van der Waals surface area contributed by atoms with Crippen molar-refractivity contribution >= 4 is 56.1 Å². The van der Waals surface area contributed by atoms with E-state index in [0.29, 0.717) is 5.02 Å². The zero-order chi connectivity index (χ0) is 22.4. The number of halogens is 1. The first-order valence-corrected chi connectivity index (χ1v) is 11.9. The number of aromatic nitrogens is 3. The van der Waals surface area contributed by atoms with Crippen LogP contribution in [0, 0.1) is 6.92 Å². The van der Waals surface area contributed by atoms with Gasteiger partial charge < -0.3 is 9.97 Å². The van der Waals surface area contributed by atoms with Crippen LogP contribution in [0.5, 0.6) is 0 Å². The number of hydrogen-bond acceptors (Lipinski definition) is 3. The first kappa shape index (κ1) is 20.0. The Kier molecular flexibility index (Phi) is 4.86. The SMILES string of the molecule is Cc1[nH]c2ccccc2c1/C=N/c1nc(-c2c(-c3ccc(Cl)cc3)[nH]c3ccccc23)cs1. The van der Waals surface area contributed by atoms with Gasteiger partial charge in [0.05, 0.1) is 11.4 Å². The number of rotatable bonds is 4. The van der Waals surface area contributed by atoms with Crippen molar-refractivity contribution in [2.75, 3.05) is 0 Å². The lowest BCUT2D eigenvalue weighted by Gasteiger charge is -2.03. The van der Waals surface area contributed by atoms with Gasteiger partial charge in [0.1, 0.15) is 0 Å². The molecule has 0 saturated carbocycles. The molecule has 0 spiro atoms. The molecule has 160 valence electrons. The number of nitrogens with zero attached hydrogens (tertiary/aromatic N) is 2. The Morgan fingerprint density at radius 1 is 0.879 bits per heavy atom. The summed E-state index contributed by atoms with van der Waals surface area (Å²) in [5, 5.41) is 5.81. The molecule has 0 fully saturated rings. The van der Waals surface area contributed by atoms with E-state index < -0.39 is 0 Å². The Bertz CT molecular complexity index is 1640. The molecular formula is C27H19ClN4S. The van der Waals surface area contributed by atoms with Crippen LogP contribution >= 0.6 is 22.9 Å². The zero-order valence-corrected chi connectivity index (χ0v) is 19.3. The molecule has 33 heavy (non-hydrogen) atoms. The Morgan fingerprint density at radius 2 is 1.58 bits per heavy atom. The fourth-order valence-corrected chi connectivity index (χ4v) is 5.04. The van der Waals surface area contributed by atoms with Crippen molar-refractivity contribution in [3.8, 4) is 22.5 Å². The minimum Gasteiger partial charge on any atom is -0.358 e. The van der Waals surface area contributed by atoms with Crippen LogP contribution in [-0.2, 0) is 0 Å². The van der Waals surface area contributed by atoms with Gasteiger partial charge in [-0.3, -0.25) is 0 Å². The zero-order valence-electron chi connectivity index (χ0n) is 17.8. The van der Waals surface area contributed by atoms with Crippen molar-refractivity contribution in [3.63, 3.8) is 0 Å². The number of benzene rings is 3. The summed E-state index contributed by atoms with van der Waals surface area (Å²) in [5.41, 5.74) is 8.46. The molecular weight excluding hydrogens is 448 g/mol. The van der Waals surface area contributed by atoms with E-state index in [0.717, 1.165) is 60.7 Å². The maximum atomic E-state index is 6.12. The fraction of sp³-hybridized carbons (Fsp3) is 0.0370. The van der Waals surface area contributed by atoms with Crippen molar-refractivity contribution in [3.05, 3.63) is 94.5 Å². The van der Waals surface area contributed by atoms with Crippen LogP contribution in [0.4, 0.5) is 5.13 Å². The predicted molar refractivity (Wildman–Crippen MR) is 140 cm³/mol. The maximum absolute atomic E-state index is 6.12. The van der Waals surface area contributed by atoms with E-state index in [1.54, 1.807) is 11.3 Å². The van der Waals surface area contributed by atoms with Crippen LogP contribution in [0.2, 0.25) is 5.02 Å². The average molecular weight is 467 g/mol. The fourth-order valence-electron chi connectivity index (χ4n) is 4.26. The van der Waals surface area contributed by atoms with Gasteiger partial charge in [0, 0.05) is 55.2 Å². The molecule has 0 atom stereocenters. The van der Waals surface area contributed by atoms with Gasteiger partial charge in [-0.2, -0.15) is 0 Å². The number of aryl methyl sites for hydroxylation is 1. The average Bonchev–Trinajstić information content (AvgIpc) is 3.52. The predicted octanol–water partition coefficient (Wildman–Crippen LogP) is 8.15. The summed E-state index contributed by atoms with van der Waals surface area (Å²) < 4.78 is 0. The molecule has 2 N–H and O–H groups in total. The van der Waals surface area contributed by atoms with Gasteiger partial charge in [-0.1, -0.05) is 60.1 Å². The van der Waals surface area contributed by atoms with Crippen molar-refractivity contribution in [2.45, 2.75) is 6.92 Å². The number of nitrogens with one attached hydrogen (secondary N) is 2. The lowest BCUT2D eigenvalue weighted by Crippen LogP contribution is -1.84. The molecule has 0 saturated heterocycles. The second kappa shape index (κ2) is 8.03. The summed E-state index contributed by atoms with van der Waals surface area (Å²) in [6.07, 6.45) is 1.91. The maximum Gasteiger partial charge on any atom is 0.209 e. The van der Waals surface area contributed by atoms with Crippen LogP contribution in [0.1, 0.15) is 11.3 Å². The van der Waals surface area contributed by atoms with E-state index in [-0.39, 0.29) is 0 Å². The number of H-pyrrole nitrogens is 2. The topological polar surface area (TPSA) is 56.8 Å². The summed E-state index contributed by atoms with van der Waals surface area (Å²) in [6.45, 7) is 2.07. The minimum absolute atomic E-state index is 0.717. The van der Waals surface area contributed by atoms with E-state index in [1.807, 2.05) is 48.7 Å². The van der Waals surface area contributed by atoms with Crippen LogP contribution in [-0.4, -0.2) is 21.2 Å². The number of thiazole rings is 1. The standard InChI is InChI=1S/C27H19ClN4S/c1-16-21(19-6-2-4-8-22(19)30-16)14-29-27-32-24(15-33-27)25-20-7-3-5-9-23(20)31-26(25)17-10-12-18(28)13-11-17/h2-15,30-31H,1H3/b29-14+. The molecule has 0 amide bonds. The number of hydrogen-bond donors (Lipinski definition) is 2. The molecule has 4 nitrogen and oxygen atoms in total. The first-order valence-electron chi connectivity index (χ1n) is 10.6. The van der Waals surface area contributed by atoms with E-state index in [2.05, 4.69) is 52.6 Å². The second-order valence-corrected chi connectivity index (χ2v) is 9.18. The molecule has 3 aromatic heterocycles. The lowest BCUT2D eigenvalue weighted by molar-refractivity contribution is 1.29. The Hall–Kier alpha value is -3.67. The third-order valence-electron chi connectivity index (χ3n) is 5.83. The van der Waals surface area contributed by atoms with Gasteiger partial charge in [0.25, 0.3) is 0 Å². The van der Waals surface area contributed by atoms with Crippen molar-refractivity contribution in [1.29, 1.82) is 0 Å².